The second-order valence-electron chi connectivity index (χ2n) is 9.79. The van der Waals surface area contributed by atoms with Crippen LogP contribution in [0.3, 0.4) is 0 Å². The summed E-state index contributed by atoms with van der Waals surface area (Å²) < 4.78 is 12.2. The molecule has 1 aliphatic rings. The number of thiazole rings is 2. The van der Waals surface area contributed by atoms with Crippen molar-refractivity contribution in [1.82, 2.24) is 9.97 Å². The summed E-state index contributed by atoms with van der Waals surface area (Å²) >= 11 is 2.94. The Morgan fingerprint density at radius 3 is 2.67 bits per heavy atom. The third kappa shape index (κ3) is 6.14. The fourth-order valence-corrected chi connectivity index (χ4v) is 6.89. The Morgan fingerprint density at radius 1 is 1.00 bits per heavy atom. The molecule has 0 saturated heterocycles. The summed E-state index contributed by atoms with van der Waals surface area (Å²) in [4.78, 5) is 38.1. The van der Waals surface area contributed by atoms with Crippen LogP contribution in [0.1, 0.15) is 40.7 Å². The molecule has 0 aliphatic carbocycles. The summed E-state index contributed by atoms with van der Waals surface area (Å²) in [5.74, 6) is 0.396. The van der Waals surface area contributed by atoms with Gasteiger partial charge < -0.3 is 9.47 Å². The van der Waals surface area contributed by atoms with E-state index in [0.29, 0.717) is 30.4 Å². The van der Waals surface area contributed by atoms with Gasteiger partial charge in [0.25, 0.3) is 0 Å². The average Bonchev–Trinajstić information content (AvgIpc) is 3.63. The van der Waals surface area contributed by atoms with E-state index in [1.807, 2.05) is 66.7 Å². The quantitative estimate of drug-likeness (QED) is 0.139. The zero-order valence-corrected chi connectivity index (χ0v) is 24.8. The Hall–Kier alpha value is -4.28. The number of fused-ring (bicyclic) bond motifs is 2. The number of esters is 1. The van der Waals surface area contributed by atoms with E-state index in [9.17, 15) is 9.59 Å². The van der Waals surface area contributed by atoms with Crippen molar-refractivity contribution in [2.75, 3.05) is 30.0 Å². The topological polar surface area (TPSA) is 93.7 Å². The van der Waals surface area contributed by atoms with Gasteiger partial charge in [-0.1, -0.05) is 53.8 Å². The van der Waals surface area contributed by atoms with E-state index in [2.05, 4.69) is 16.4 Å². The third-order valence-electron chi connectivity index (χ3n) is 6.93. The number of urea groups is 1. The van der Waals surface area contributed by atoms with Crippen LogP contribution >= 0.6 is 22.7 Å². The van der Waals surface area contributed by atoms with E-state index in [1.165, 1.54) is 22.7 Å². The summed E-state index contributed by atoms with van der Waals surface area (Å²) in [6.07, 6.45) is 3.13. The fraction of sp³-hybridized carbons (Fsp3) is 0.250. The summed E-state index contributed by atoms with van der Waals surface area (Å²) in [7, 11) is 0. The van der Waals surface area contributed by atoms with Gasteiger partial charge in [-0.2, -0.15) is 0 Å². The van der Waals surface area contributed by atoms with Gasteiger partial charge in [0.1, 0.15) is 10.8 Å². The molecule has 3 aromatic carbocycles. The molecule has 0 unspecified atom stereocenters. The Balaban J connectivity index is 1.22. The van der Waals surface area contributed by atoms with Gasteiger partial charge in [0.2, 0.25) is 0 Å². The fourth-order valence-electron chi connectivity index (χ4n) is 4.95. The number of amides is 2. The SMILES string of the molecule is CCOC(=O)c1nc(-c2ccc3c(c2)N(C(=O)Nc2nc4ccccc4s2)CCC3)sc1CCCOc1ccccc1. The zero-order valence-electron chi connectivity index (χ0n) is 23.2. The summed E-state index contributed by atoms with van der Waals surface area (Å²) in [6, 6.07) is 23.4. The number of rotatable bonds is 9. The van der Waals surface area contributed by atoms with Crippen molar-refractivity contribution in [2.24, 2.45) is 0 Å². The largest absolute Gasteiger partial charge is 0.494 e. The summed E-state index contributed by atoms with van der Waals surface area (Å²) in [5.41, 5.74) is 4.02. The molecule has 0 atom stereocenters. The molecule has 0 saturated carbocycles. The molecule has 6 rings (SSSR count). The molecule has 10 heteroatoms. The molecule has 0 spiro atoms. The number of para-hydroxylation sites is 2. The molecule has 5 aromatic rings. The Labute approximate surface area is 252 Å². The molecular formula is C32H30N4O4S2. The minimum Gasteiger partial charge on any atom is -0.494 e. The summed E-state index contributed by atoms with van der Waals surface area (Å²) in [6.45, 7) is 3.19. The van der Waals surface area contributed by atoms with Crippen molar-refractivity contribution < 1.29 is 19.1 Å². The predicted octanol–water partition coefficient (Wildman–Crippen LogP) is 7.59. The molecule has 3 heterocycles. The van der Waals surface area contributed by atoms with Gasteiger partial charge in [0.15, 0.2) is 10.8 Å². The number of hydrogen-bond donors (Lipinski definition) is 1. The Morgan fingerprint density at radius 2 is 1.83 bits per heavy atom. The van der Waals surface area contributed by atoms with E-state index in [1.54, 1.807) is 11.8 Å². The molecule has 1 N–H and O–H groups in total. The number of carbonyl (C=O) groups is 2. The number of anilines is 2. The maximum atomic E-state index is 13.4. The number of aromatic nitrogens is 2. The Kier molecular flexibility index (Phi) is 8.43. The molecule has 42 heavy (non-hydrogen) atoms. The van der Waals surface area contributed by atoms with Crippen molar-refractivity contribution >= 4 is 55.7 Å². The number of hydrogen-bond acceptors (Lipinski definition) is 8. The minimum absolute atomic E-state index is 0.211. The minimum atomic E-state index is -0.422. The number of ether oxygens (including phenoxy) is 2. The van der Waals surface area contributed by atoms with Crippen molar-refractivity contribution in [2.45, 2.75) is 32.6 Å². The van der Waals surface area contributed by atoms with Crippen LogP contribution in [0.25, 0.3) is 20.8 Å². The first kappa shape index (κ1) is 27.9. The van der Waals surface area contributed by atoms with Crippen LogP contribution in [-0.4, -0.2) is 41.7 Å². The highest BCUT2D eigenvalue weighted by Crippen LogP contribution is 2.36. The molecule has 2 aromatic heterocycles. The Bertz CT molecular complexity index is 1680. The molecule has 0 bridgehead atoms. The first-order chi connectivity index (χ1) is 20.6. The van der Waals surface area contributed by atoms with Gasteiger partial charge in [0, 0.05) is 22.7 Å². The predicted molar refractivity (Wildman–Crippen MR) is 168 cm³/mol. The van der Waals surface area contributed by atoms with Crippen molar-refractivity contribution in [1.29, 1.82) is 0 Å². The number of benzene rings is 3. The first-order valence-electron chi connectivity index (χ1n) is 14.0. The lowest BCUT2D eigenvalue weighted by molar-refractivity contribution is 0.0519. The van der Waals surface area contributed by atoms with Crippen LogP contribution in [0.2, 0.25) is 0 Å². The number of nitrogens with one attached hydrogen (secondary N) is 1. The number of aryl methyl sites for hydroxylation is 2. The highest BCUT2D eigenvalue weighted by molar-refractivity contribution is 7.22. The zero-order chi connectivity index (χ0) is 28.9. The second-order valence-corrected chi connectivity index (χ2v) is 11.9. The normalized spacial score (nSPS) is 12.6. The molecule has 8 nitrogen and oxygen atoms in total. The van der Waals surface area contributed by atoms with E-state index in [0.717, 1.165) is 61.9 Å². The van der Waals surface area contributed by atoms with E-state index in [4.69, 9.17) is 14.5 Å². The highest BCUT2D eigenvalue weighted by atomic mass is 32.1. The van der Waals surface area contributed by atoms with Crippen molar-refractivity contribution in [3.8, 4) is 16.3 Å². The van der Waals surface area contributed by atoms with Crippen LogP contribution in [0.5, 0.6) is 5.75 Å². The van der Waals surface area contributed by atoms with E-state index in [-0.39, 0.29) is 12.6 Å². The lowest BCUT2D eigenvalue weighted by atomic mass is 10.00. The monoisotopic (exact) mass is 598 g/mol. The highest BCUT2D eigenvalue weighted by Gasteiger charge is 2.26. The molecule has 0 radical (unpaired) electrons. The van der Waals surface area contributed by atoms with E-state index < -0.39 is 5.97 Å². The van der Waals surface area contributed by atoms with Crippen LogP contribution < -0.4 is 15.0 Å². The smallest absolute Gasteiger partial charge is 0.358 e. The van der Waals surface area contributed by atoms with Gasteiger partial charge in [0.05, 0.1) is 23.4 Å². The maximum Gasteiger partial charge on any atom is 0.358 e. The molecule has 0 fully saturated rings. The third-order valence-corrected chi connectivity index (χ3v) is 9.05. The maximum absolute atomic E-state index is 13.4. The van der Waals surface area contributed by atoms with Crippen molar-refractivity contribution in [3.63, 3.8) is 0 Å². The molecular weight excluding hydrogens is 569 g/mol. The van der Waals surface area contributed by atoms with Gasteiger partial charge in [-0.25, -0.2) is 19.6 Å². The standard InChI is InChI=1S/C32H30N4O4S2/c1-2-39-30(37)28-27(15-9-19-40-23-11-4-3-5-12-23)41-29(34-28)22-17-16-21-10-8-18-36(25(21)20-22)32(38)35-31-33-24-13-6-7-14-26(24)42-31/h3-7,11-14,16-17,20H,2,8-10,15,18-19H2,1H3,(H,33,35,38). The number of carbonyl (C=O) groups excluding carboxylic acids is 2. The van der Waals surface area contributed by atoms with Gasteiger partial charge in [-0.15, -0.1) is 11.3 Å². The average molecular weight is 599 g/mol. The van der Waals surface area contributed by atoms with Crippen molar-refractivity contribution in [3.05, 3.63) is 88.9 Å². The lowest BCUT2D eigenvalue weighted by Gasteiger charge is -2.29. The summed E-state index contributed by atoms with van der Waals surface area (Å²) in [5, 5.41) is 4.29. The van der Waals surface area contributed by atoms with Crippen LogP contribution in [0.15, 0.2) is 72.8 Å². The van der Waals surface area contributed by atoms with Gasteiger partial charge in [-0.3, -0.25) is 10.2 Å². The van der Waals surface area contributed by atoms with Crippen LogP contribution in [0.4, 0.5) is 15.6 Å². The van der Waals surface area contributed by atoms with Gasteiger partial charge in [-0.05, 0) is 68.5 Å². The molecule has 2 amide bonds. The molecule has 214 valence electrons. The lowest BCUT2D eigenvalue weighted by Crippen LogP contribution is -2.38. The van der Waals surface area contributed by atoms with Crippen LogP contribution in [-0.2, 0) is 17.6 Å². The first-order valence-corrected chi connectivity index (χ1v) is 15.6. The second kappa shape index (κ2) is 12.7. The van der Waals surface area contributed by atoms with Gasteiger partial charge >= 0.3 is 12.0 Å². The van der Waals surface area contributed by atoms with Crippen LogP contribution in [0, 0.1) is 0 Å². The molecule has 1 aliphatic heterocycles. The number of nitrogens with zero attached hydrogens (tertiary/aromatic N) is 3. The van der Waals surface area contributed by atoms with E-state index >= 15 is 0 Å².